The quantitative estimate of drug-likeness (QED) is 0.815. The fourth-order valence-electron chi connectivity index (χ4n) is 2.81. The number of ether oxygens (including phenoxy) is 1. The van der Waals surface area contributed by atoms with Crippen LogP contribution >= 0.6 is 0 Å². The van der Waals surface area contributed by atoms with Gasteiger partial charge in [0, 0.05) is 6.54 Å². The van der Waals surface area contributed by atoms with Crippen molar-refractivity contribution in [3.8, 4) is 11.8 Å². The molecule has 2 aliphatic rings. The highest BCUT2D eigenvalue weighted by molar-refractivity contribution is 5.61. The molecule has 0 bridgehead atoms. The molecule has 0 aliphatic carbocycles. The Hall–Kier alpha value is -1.73. The molecule has 1 aromatic rings. The lowest BCUT2D eigenvalue weighted by atomic mass is 9.98. The topological polar surface area (TPSA) is 48.3 Å². The van der Waals surface area contributed by atoms with E-state index in [1.54, 1.807) is 6.07 Å². The Labute approximate surface area is 107 Å². The molecule has 4 heteroatoms. The van der Waals surface area contributed by atoms with Crippen molar-refractivity contribution in [3.63, 3.8) is 0 Å². The van der Waals surface area contributed by atoms with Gasteiger partial charge in [0.25, 0.3) is 0 Å². The maximum absolute atomic E-state index is 8.93. The van der Waals surface area contributed by atoms with Crippen molar-refractivity contribution in [1.29, 1.82) is 5.26 Å². The van der Waals surface area contributed by atoms with Crippen molar-refractivity contribution >= 4 is 5.69 Å². The predicted molar refractivity (Wildman–Crippen MR) is 69.7 cm³/mol. The van der Waals surface area contributed by atoms with Gasteiger partial charge in [-0.25, -0.2) is 0 Å². The molecular weight excluding hydrogens is 226 g/mol. The highest BCUT2D eigenvalue weighted by Crippen LogP contribution is 2.33. The molecular formula is C14H17N3O. The van der Waals surface area contributed by atoms with Crippen LogP contribution in [0.5, 0.6) is 5.75 Å². The zero-order chi connectivity index (χ0) is 12.5. The number of benzene rings is 1. The van der Waals surface area contributed by atoms with Crippen molar-refractivity contribution in [1.82, 2.24) is 4.90 Å². The Balaban J connectivity index is 1.78. The average molecular weight is 243 g/mol. The van der Waals surface area contributed by atoms with Crippen LogP contribution in [0.2, 0.25) is 0 Å². The van der Waals surface area contributed by atoms with Crippen molar-refractivity contribution in [2.45, 2.75) is 12.5 Å². The van der Waals surface area contributed by atoms with Gasteiger partial charge in [0.2, 0.25) is 0 Å². The molecule has 2 unspecified atom stereocenters. The summed E-state index contributed by atoms with van der Waals surface area (Å²) in [6.07, 6.45) is 1.21. The van der Waals surface area contributed by atoms with Gasteiger partial charge in [0.15, 0.2) is 0 Å². The molecule has 2 aliphatic heterocycles. The summed E-state index contributed by atoms with van der Waals surface area (Å²) in [4.78, 5) is 2.35. The number of anilines is 1. The fourth-order valence-corrected chi connectivity index (χ4v) is 2.81. The van der Waals surface area contributed by atoms with Gasteiger partial charge in [-0.1, -0.05) is 0 Å². The smallest absolute Gasteiger partial charge is 0.142 e. The van der Waals surface area contributed by atoms with Crippen LogP contribution in [0.15, 0.2) is 18.2 Å². The number of hydrogen-bond donors (Lipinski definition) is 1. The molecule has 1 aromatic carbocycles. The monoisotopic (exact) mass is 243 g/mol. The molecule has 1 N–H and O–H groups in total. The van der Waals surface area contributed by atoms with Crippen LogP contribution in [0.1, 0.15) is 12.0 Å². The van der Waals surface area contributed by atoms with E-state index in [0.29, 0.717) is 17.5 Å². The predicted octanol–water partition coefficient (Wildman–Crippen LogP) is 1.68. The Morgan fingerprint density at radius 3 is 3.11 bits per heavy atom. The first-order valence-corrected chi connectivity index (χ1v) is 6.38. The zero-order valence-corrected chi connectivity index (χ0v) is 10.5. The summed E-state index contributed by atoms with van der Waals surface area (Å²) in [5, 5.41) is 12.5. The Morgan fingerprint density at radius 2 is 2.39 bits per heavy atom. The van der Waals surface area contributed by atoms with Gasteiger partial charge in [-0.05, 0) is 44.1 Å². The molecule has 0 saturated carbocycles. The van der Waals surface area contributed by atoms with Gasteiger partial charge >= 0.3 is 0 Å². The van der Waals surface area contributed by atoms with E-state index < -0.39 is 0 Å². The summed E-state index contributed by atoms with van der Waals surface area (Å²) >= 11 is 0. The molecule has 3 rings (SSSR count). The molecule has 1 saturated heterocycles. The highest BCUT2D eigenvalue weighted by atomic mass is 16.5. The number of fused-ring (bicyclic) bond motifs is 1. The minimum absolute atomic E-state index is 0.358. The number of nitriles is 1. The molecule has 4 nitrogen and oxygen atoms in total. The molecule has 0 aromatic heterocycles. The van der Waals surface area contributed by atoms with Crippen LogP contribution in [-0.4, -0.2) is 37.7 Å². The zero-order valence-electron chi connectivity index (χ0n) is 10.5. The van der Waals surface area contributed by atoms with Crippen molar-refractivity contribution in [2.24, 2.45) is 5.92 Å². The number of nitrogens with zero attached hydrogens (tertiary/aromatic N) is 2. The largest absolute Gasteiger partial charge is 0.489 e. The van der Waals surface area contributed by atoms with Crippen LogP contribution in [0.25, 0.3) is 0 Å². The van der Waals surface area contributed by atoms with Crippen LogP contribution in [0, 0.1) is 17.2 Å². The van der Waals surface area contributed by atoms with Crippen LogP contribution in [0.4, 0.5) is 5.69 Å². The molecule has 0 spiro atoms. The van der Waals surface area contributed by atoms with E-state index in [9.17, 15) is 0 Å². The summed E-state index contributed by atoms with van der Waals surface area (Å²) in [7, 11) is 2.16. The second-order valence-electron chi connectivity index (χ2n) is 5.20. The molecule has 0 radical (unpaired) electrons. The van der Waals surface area contributed by atoms with Crippen molar-refractivity contribution in [2.75, 3.05) is 32.1 Å². The maximum Gasteiger partial charge on any atom is 0.142 e. The SMILES string of the molecule is CN1CCC(C2COc3ccc(C#N)cc3N2)C1. The summed E-state index contributed by atoms with van der Waals surface area (Å²) < 4.78 is 5.79. The van der Waals surface area contributed by atoms with Gasteiger partial charge < -0.3 is 15.0 Å². The Kier molecular flexibility index (Phi) is 2.85. The molecule has 2 heterocycles. The third-order valence-corrected chi connectivity index (χ3v) is 3.86. The lowest BCUT2D eigenvalue weighted by Gasteiger charge is -2.31. The number of likely N-dealkylation sites (tertiary alicyclic amines) is 1. The fraction of sp³-hybridized carbons (Fsp3) is 0.500. The van der Waals surface area contributed by atoms with Crippen LogP contribution < -0.4 is 10.1 Å². The van der Waals surface area contributed by atoms with Crippen LogP contribution in [-0.2, 0) is 0 Å². The minimum Gasteiger partial charge on any atom is -0.489 e. The van der Waals surface area contributed by atoms with Crippen molar-refractivity contribution < 1.29 is 4.74 Å². The van der Waals surface area contributed by atoms with Gasteiger partial charge in [0.1, 0.15) is 12.4 Å². The van der Waals surface area contributed by atoms with Gasteiger partial charge in [0.05, 0.1) is 23.4 Å². The summed E-state index contributed by atoms with van der Waals surface area (Å²) in [6, 6.07) is 8.07. The van der Waals surface area contributed by atoms with E-state index in [0.717, 1.165) is 31.1 Å². The maximum atomic E-state index is 8.93. The van der Waals surface area contributed by atoms with E-state index in [1.807, 2.05) is 12.1 Å². The molecule has 18 heavy (non-hydrogen) atoms. The lowest BCUT2D eigenvalue weighted by Crippen LogP contribution is -2.39. The molecule has 1 fully saturated rings. The first-order chi connectivity index (χ1) is 8.76. The normalized spacial score (nSPS) is 26.9. The van der Waals surface area contributed by atoms with Crippen molar-refractivity contribution in [3.05, 3.63) is 23.8 Å². The molecule has 94 valence electrons. The number of nitrogens with one attached hydrogen (secondary N) is 1. The summed E-state index contributed by atoms with van der Waals surface area (Å²) in [6.45, 7) is 3.00. The van der Waals surface area contributed by atoms with Gasteiger partial charge in [-0.3, -0.25) is 0 Å². The van der Waals surface area contributed by atoms with Crippen LogP contribution in [0.3, 0.4) is 0 Å². The van der Waals surface area contributed by atoms with Gasteiger partial charge in [-0.15, -0.1) is 0 Å². The second-order valence-corrected chi connectivity index (χ2v) is 5.20. The van der Waals surface area contributed by atoms with E-state index in [4.69, 9.17) is 10.00 Å². The van der Waals surface area contributed by atoms with E-state index in [-0.39, 0.29) is 0 Å². The standard InChI is InChI=1S/C14H17N3O/c1-17-5-4-11(8-17)13-9-18-14-3-2-10(7-15)6-12(14)16-13/h2-3,6,11,13,16H,4-5,8-9H2,1H3. The highest BCUT2D eigenvalue weighted by Gasteiger charge is 2.31. The van der Waals surface area contributed by atoms with Gasteiger partial charge in [-0.2, -0.15) is 5.26 Å². The van der Waals surface area contributed by atoms with E-state index in [2.05, 4.69) is 23.3 Å². The Morgan fingerprint density at radius 1 is 1.50 bits per heavy atom. The number of rotatable bonds is 1. The lowest BCUT2D eigenvalue weighted by molar-refractivity contribution is 0.244. The third kappa shape index (κ3) is 2.02. The third-order valence-electron chi connectivity index (χ3n) is 3.86. The summed E-state index contributed by atoms with van der Waals surface area (Å²) in [5.74, 6) is 1.49. The second kappa shape index (κ2) is 4.51. The Bertz CT molecular complexity index is 494. The van der Waals surface area contributed by atoms with E-state index in [1.165, 1.54) is 6.42 Å². The first kappa shape index (κ1) is 11.4. The minimum atomic E-state index is 0.358. The number of hydrogen-bond acceptors (Lipinski definition) is 4. The molecule has 2 atom stereocenters. The van der Waals surface area contributed by atoms with E-state index >= 15 is 0 Å². The molecule has 0 amide bonds. The first-order valence-electron chi connectivity index (χ1n) is 6.38. The summed E-state index contributed by atoms with van der Waals surface area (Å²) in [5.41, 5.74) is 1.63. The average Bonchev–Trinajstić information content (AvgIpc) is 2.84.